The van der Waals surface area contributed by atoms with Crippen LogP contribution in [0.15, 0.2) is 0 Å². The standard InChI is InChI=1S/C14H28N4O/c1-11(2)10-18(9-8-13(15)16)14(19)17-12-6-4-3-5-7-12/h11-12H,3-10H2,1-2H3,(H3,15,16)(H,17,19). The highest BCUT2D eigenvalue weighted by molar-refractivity contribution is 5.79. The zero-order valence-electron chi connectivity index (χ0n) is 12.2. The van der Waals surface area contributed by atoms with Crippen molar-refractivity contribution in [3.8, 4) is 0 Å². The fourth-order valence-electron chi connectivity index (χ4n) is 2.48. The zero-order chi connectivity index (χ0) is 14.3. The molecule has 1 rings (SSSR count). The van der Waals surface area contributed by atoms with Crippen LogP contribution < -0.4 is 11.1 Å². The largest absolute Gasteiger partial charge is 0.388 e. The number of urea groups is 1. The van der Waals surface area contributed by atoms with Crippen molar-refractivity contribution < 1.29 is 4.79 Å². The van der Waals surface area contributed by atoms with Gasteiger partial charge in [0.1, 0.15) is 0 Å². The van der Waals surface area contributed by atoms with Gasteiger partial charge in [-0.15, -0.1) is 0 Å². The van der Waals surface area contributed by atoms with Gasteiger partial charge in [-0.25, -0.2) is 4.79 Å². The van der Waals surface area contributed by atoms with Crippen LogP contribution in [0, 0.1) is 11.3 Å². The molecule has 0 unspecified atom stereocenters. The van der Waals surface area contributed by atoms with E-state index in [2.05, 4.69) is 19.2 Å². The number of carbonyl (C=O) groups is 1. The number of nitrogens with zero attached hydrogens (tertiary/aromatic N) is 1. The molecule has 0 atom stereocenters. The molecule has 0 heterocycles. The summed E-state index contributed by atoms with van der Waals surface area (Å²) < 4.78 is 0. The van der Waals surface area contributed by atoms with Gasteiger partial charge in [-0.1, -0.05) is 33.1 Å². The summed E-state index contributed by atoms with van der Waals surface area (Å²) in [6.45, 7) is 5.43. The molecule has 0 aromatic rings. The van der Waals surface area contributed by atoms with Gasteiger partial charge in [0.2, 0.25) is 0 Å². The number of hydrogen-bond acceptors (Lipinski definition) is 2. The Morgan fingerprint density at radius 1 is 1.37 bits per heavy atom. The minimum atomic E-state index is 0.00171. The molecule has 19 heavy (non-hydrogen) atoms. The molecule has 5 heteroatoms. The SMILES string of the molecule is CC(C)CN(CCC(=N)N)C(=O)NC1CCCCC1. The number of rotatable bonds is 6. The first-order chi connectivity index (χ1) is 8.99. The van der Waals surface area contributed by atoms with Gasteiger partial charge in [0.25, 0.3) is 0 Å². The molecule has 1 fully saturated rings. The minimum absolute atomic E-state index is 0.00171. The van der Waals surface area contributed by atoms with Gasteiger partial charge in [0.15, 0.2) is 0 Å². The summed E-state index contributed by atoms with van der Waals surface area (Å²) in [5, 5.41) is 10.4. The average Bonchev–Trinajstić information content (AvgIpc) is 2.35. The van der Waals surface area contributed by atoms with Crippen molar-refractivity contribution in [1.29, 1.82) is 5.41 Å². The molecule has 0 aliphatic heterocycles. The summed E-state index contributed by atoms with van der Waals surface area (Å²) in [6.07, 6.45) is 6.34. The molecule has 0 spiro atoms. The van der Waals surface area contributed by atoms with Crippen LogP contribution in [-0.4, -0.2) is 35.9 Å². The molecule has 0 aromatic heterocycles. The first-order valence-corrected chi connectivity index (χ1v) is 7.37. The van der Waals surface area contributed by atoms with Crippen LogP contribution in [0.3, 0.4) is 0 Å². The summed E-state index contributed by atoms with van der Waals surface area (Å²) in [6, 6.07) is 0.329. The van der Waals surface area contributed by atoms with Crippen LogP contribution in [-0.2, 0) is 0 Å². The van der Waals surface area contributed by atoms with E-state index in [-0.39, 0.29) is 11.9 Å². The maximum Gasteiger partial charge on any atom is 0.317 e. The Hall–Kier alpha value is -1.26. The quantitative estimate of drug-likeness (QED) is 0.510. The van der Waals surface area contributed by atoms with Crippen molar-refractivity contribution in [1.82, 2.24) is 10.2 Å². The first-order valence-electron chi connectivity index (χ1n) is 7.37. The Bertz CT molecular complexity index is 298. The van der Waals surface area contributed by atoms with E-state index < -0.39 is 0 Å². The van der Waals surface area contributed by atoms with Crippen molar-refractivity contribution in [2.24, 2.45) is 11.7 Å². The Kier molecular flexibility index (Phi) is 6.67. The lowest BCUT2D eigenvalue weighted by atomic mass is 9.96. The molecular weight excluding hydrogens is 240 g/mol. The van der Waals surface area contributed by atoms with Gasteiger partial charge in [0.05, 0.1) is 5.84 Å². The number of nitrogens with two attached hydrogens (primary N) is 1. The molecule has 1 aliphatic carbocycles. The van der Waals surface area contributed by atoms with Gasteiger partial charge in [-0.2, -0.15) is 0 Å². The van der Waals surface area contributed by atoms with Gasteiger partial charge in [-0.05, 0) is 18.8 Å². The van der Waals surface area contributed by atoms with E-state index in [9.17, 15) is 4.79 Å². The molecule has 0 aromatic carbocycles. The summed E-state index contributed by atoms with van der Waals surface area (Å²) in [5.74, 6) is 0.559. The summed E-state index contributed by atoms with van der Waals surface area (Å²) in [7, 11) is 0. The van der Waals surface area contributed by atoms with Crippen molar-refractivity contribution in [3.05, 3.63) is 0 Å². The molecule has 0 saturated heterocycles. The van der Waals surface area contributed by atoms with E-state index in [1.807, 2.05) is 0 Å². The van der Waals surface area contributed by atoms with Crippen LogP contribution in [0.1, 0.15) is 52.4 Å². The minimum Gasteiger partial charge on any atom is -0.388 e. The third kappa shape index (κ3) is 6.45. The predicted molar refractivity (Wildman–Crippen MR) is 78.3 cm³/mol. The lowest BCUT2D eigenvalue weighted by Crippen LogP contribution is -2.47. The molecular formula is C14H28N4O. The van der Waals surface area contributed by atoms with E-state index in [0.29, 0.717) is 31.5 Å². The fourth-order valence-corrected chi connectivity index (χ4v) is 2.48. The molecule has 110 valence electrons. The van der Waals surface area contributed by atoms with Crippen LogP contribution in [0.2, 0.25) is 0 Å². The average molecular weight is 268 g/mol. The third-order valence-corrected chi connectivity index (χ3v) is 3.46. The van der Waals surface area contributed by atoms with Crippen molar-refractivity contribution in [3.63, 3.8) is 0 Å². The lowest BCUT2D eigenvalue weighted by Gasteiger charge is -2.29. The second-order valence-electron chi connectivity index (χ2n) is 5.90. The first kappa shape index (κ1) is 15.8. The van der Waals surface area contributed by atoms with Gasteiger partial charge < -0.3 is 16.0 Å². The number of amidine groups is 1. The Morgan fingerprint density at radius 3 is 2.53 bits per heavy atom. The highest BCUT2D eigenvalue weighted by Gasteiger charge is 2.20. The van der Waals surface area contributed by atoms with Crippen molar-refractivity contribution >= 4 is 11.9 Å². The van der Waals surface area contributed by atoms with E-state index >= 15 is 0 Å². The van der Waals surface area contributed by atoms with Crippen molar-refractivity contribution in [2.45, 2.75) is 58.4 Å². The predicted octanol–water partition coefficient (Wildman–Crippen LogP) is 2.31. The van der Waals surface area contributed by atoms with Gasteiger partial charge in [-0.3, -0.25) is 5.41 Å². The Labute approximate surface area is 116 Å². The monoisotopic (exact) mass is 268 g/mol. The van der Waals surface area contributed by atoms with Gasteiger partial charge in [0, 0.05) is 25.6 Å². The number of amides is 2. The molecule has 1 saturated carbocycles. The zero-order valence-corrected chi connectivity index (χ0v) is 12.2. The Morgan fingerprint density at radius 2 is 2.00 bits per heavy atom. The lowest BCUT2D eigenvalue weighted by molar-refractivity contribution is 0.185. The second-order valence-corrected chi connectivity index (χ2v) is 5.90. The molecule has 5 nitrogen and oxygen atoms in total. The van der Waals surface area contributed by atoms with E-state index in [4.69, 9.17) is 11.1 Å². The van der Waals surface area contributed by atoms with Crippen molar-refractivity contribution in [2.75, 3.05) is 13.1 Å². The molecule has 0 radical (unpaired) electrons. The topological polar surface area (TPSA) is 82.2 Å². The van der Waals surface area contributed by atoms with E-state index in [0.717, 1.165) is 12.8 Å². The van der Waals surface area contributed by atoms with Crippen LogP contribution in [0.25, 0.3) is 0 Å². The molecule has 1 aliphatic rings. The molecule has 0 bridgehead atoms. The maximum absolute atomic E-state index is 12.3. The second kappa shape index (κ2) is 8.02. The summed E-state index contributed by atoms with van der Waals surface area (Å²) >= 11 is 0. The highest BCUT2D eigenvalue weighted by Crippen LogP contribution is 2.17. The van der Waals surface area contributed by atoms with Crippen LogP contribution in [0.4, 0.5) is 4.79 Å². The summed E-state index contributed by atoms with van der Waals surface area (Å²) in [4.78, 5) is 14.1. The highest BCUT2D eigenvalue weighted by atomic mass is 16.2. The smallest absolute Gasteiger partial charge is 0.317 e. The summed E-state index contributed by atoms with van der Waals surface area (Å²) in [5.41, 5.74) is 5.38. The van der Waals surface area contributed by atoms with E-state index in [1.165, 1.54) is 19.3 Å². The third-order valence-electron chi connectivity index (χ3n) is 3.46. The maximum atomic E-state index is 12.3. The van der Waals surface area contributed by atoms with Crippen LogP contribution >= 0.6 is 0 Å². The van der Waals surface area contributed by atoms with Crippen LogP contribution in [0.5, 0.6) is 0 Å². The number of hydrogen-bond donors (Lipinski definition) is 3. The molecule has 4 N–H and O–H groups in total. The van der Waals surface area contributed by atoms with Gasteiger partial charge >= 0.3 is 6.03 Å². The number of carbonyl (C=O) groups excluding carboxylic acids is 1. The Balaban J connectivity index is 2.46. The normalized spacial score (nSPS) is 16.4. The molecule has 2 amide bonds. The number of nitrogens with one attached hydrogen (secondary N) is 2. The van der Waals surface area contributed by atoms with E-state index in [1.54, 1.807) is 4.90 Å². The fraction of sp³-hybridized carbons (Fsp3) is 0.857.